The van der Waals surface area contributed by atoms with E-state index in [-0.39, 0.29) is 30.8 Å². The standard InChI is InChI=1S/C24H26N2O6/c1-5-25(13-15(2)24(30)32-4)21(27)19-12-16(10-11-20(19)31-3)14-26-22(28)17-8-6-7-9-18(17)23(26)29/h6-12,15H,5,13-14H2,1-4H3. The number of fused-ring (bicyclic) bond motifs is 1. The summed E-state index contributed by atoms with van der Waals surface area (Å²) in [5.74, 6) is -1.57. The van der Waals surface area contributed by atoms with E-state index in [1.165, 1.54) is 19.1 Å². The summed E-state index contributed by atoms with van der Waals surface area (Å²) in [7, 11) is 2.77. The molecule has 0 fully saturated rings. The first kappa shape index (κ1) is 23.0. The summed E-state index contributed by atoms with van der Waals surface area (Å²) in [6.45, 7) is 4.11. The Labute approximate surface area is 186 Å². The maximum absolute atomic E-state index is 13.2. The highest BCUT2D eigenvalue weighted by molar-refractivity contribution is 6.21. The molecule has 3 amide bonds. The summed E-state index contributed by atoms with van der Waals surface area (Å²) >= 11 is 0. The third-order valence-corrected chi connectivity index (χ3v) is 5.48. The summed E-state index contributed by atoms with van der Waals surface area (Å²) in [6, 6.07) is 11.7. The van der Waals surface area contributed by atoms with Gasteiger partial charge in [0.25, 0.3) is 17.7 Å². The van der Waals surface area contributed by atoms with E-state index in [4.69, 9.17) is 9.47 Å². The van der Waals surface area contributed by atoms with Crippen LogP contribution in [-0.4, -0.2) is 60.8 Å². The molecule has 0 N–H and O–H groups in total. The van der Waals surface area contributed by atoms with Gasteiger partial charge in [-0.15, -0.1) is 0 Å². The van der Waals surface area contributed by atoms with Gasteiger partial charge in [-0.3, -0.25) is 24.1 Å². The molecule has 0 aliphatic carbocycles. The second kappa shape index (κ2) is 9.64. The molecule has 32 heavy (non-hydrogen) atoms. The first-order valence-electron chi connectivity index (χ1n) is 10.3. The summed E-state index contributed by atoms with van der Waals surface area (Å²) in [6.07, 6.45) is 0. The highest BCUT2D eigenvalue weighted by atomic mass is 16.5. The van der Waals surface area contributed by atoms with Crippen LogP contribution in [-0.2, 0) is 16.1 Å². The molecule has 0 spiro atoms. The molecule has 0 bridgehead atoms. The summed E-state index contributed by atoms with van der Waals surface area (Å²) in [5.41, 5.74) is 1.65. The van der Waals surface area contributed by atoms with Crippen LogP contribution in [0.2, 0.25) is 0 Å². The lowest BCUT2D eigenvalue weighted by Crippen LogP contribution is -2.37. The van der Waals surface area contributed by atoms with Crippen LogP contribution in [0.5, 0.6) is 5.75 Å². The highest BCUT2D eigenvalue weighted by Gasteiger charge is 2.35. The van der Waals surface area contributed by atoms with Gasteiger partial charge in [-0.1, -0.05) is 25.1 Å². The van der Waals surface area contributed by atoms with Crippen LogP contribution in [0, 0.1) is 5.92 Å². The largest absolute Gasteiger partial charge is 0.496 e. The molecular weight excluding hydrogens is 412 g/mol. The number of carbonyl (C=O) groups excluding carboxylic acids is 4. The molecule has 0 saturated heterocycles. The van der Waals surface area contributed by atoms with Crippen LogP contribution in [0.1, 0.15) is 50.5 Å². The second-order valence-electron chi connectivity index (χ2n) is 7.54. The Morgan fingerprint density at radius 2 is 1.66 bits per heavy atom. The van der Waals surface area contributed by atoms with E-state index in [2.05, 4.69) is 0 Å². The number of nitrogens with zero attached hydrogens (tertiary/aromatic N) is 2. The lowest BCUT2D eigenvalue weighted by molar-refractivity contribution is -0.145. The zero-order valence-electron chi connectivity index (χ0n) is 18.6. The minimum atomic E-state index is -0.489. The smallest absolute Gasteiger partial charge is 0.310 e. The van der Waals surface area contributed by atoms with Gasteiger partial charge in [0.2, 0.25) is 0 Å². The summed E-state index contributed by atoms with van der Waals surface area (Å²) in [5, 5.41) is 0. The van der Waals surface area contributed by atoms with E-state index < -0.39 is 11.9 Å². The predicted molar refractivity (Wildman–Crippen MR) is 116 cm³/mol. The van der Waals surface area contributed by atoms with Crippen LogP contribution in [0.15, 0.2) is 42.5 Å². The summed E-state index contributed by atoms with van der Waals surface area (Å²) in [4.78, 5) is 53.1. The van der Waals surface area contributed by atoms with Gasteiger partial charge in [-0.05, 0) is 36.8 Å². The Bertz CT molecular complexity index is 1030. The number of carbonyl (C=O) groups is 4. The van der Waals surface area contributed by atoms with E-state index in [0.717, 1.165) is 4.90 Å². The lowest BCUT2D eigenvalue weighted by Gasteiger charge is -2.25. The summed E-state index contributed by atoms with van der Waals surface area (Å²) < 4.78 is 10.1. The van der Waals surface area contributed by atoms with Crippen LogP contribution in [0.4, 0.5) is 0 Å². The molecule has 3 rings (SSSR count). The van der Waals surface area contributed by atoms with Crippen molar-refractivity contribution in [3.05, 3.63) is 64.7 Å². The van der Waals surface area contributed by atoms with Crippen molar-refractivity contribution < 1.29 is 28.7 Å². The zero-order chi connectivity index (χ0) is 23.4. The SMILES string of the molecule is CCN(CC(C)C(=O)OC)C(=O)c1cc(CN2C(=O)c3ccccc3C2=O)ccc1OC. The molecule has 8 nitrogen and oxygen atoms in total. The number of hydrogen-bond donors (Lipinski definition) is 0. The monoisotopic (exact) mass is 438 g/mol. The molecule has 1 aliphatic heterocycles. The maximum atomic E-state index is 13.2. The Morgan fingerprint density at radius 1 is 1.03 bits per heavy atom. The quantitative estimate of drug-likeness (QED) is 0.465. The molecule has 1 atom stereocenters. The predicted octanol–water partition coefficient (Wildman–Crippen LogP) is 2.76. The van der Waals surface area contributed by atoms with Gasteiger partial charge in [-0.25, -0.2) is 0 Å². The van der Waals surface area contributed by atoms with Crippen molar-refractivity contribution in [3.8, 4) is 5.75 Å². The molecular formula is C24H26N2O6. The van der Waals surface area contributed by atoms with E-state index in [1.807, 2.05) is 6.92 Å². The molecule has 1 unspecified atom stereocenters. The van der Waals surface area contributed by atoms with E-state index in [1.54, 1.807) is 49.4 Å². The third kappa shape index (κ3) is 4.34. The van der Waals surface area contributed by atoms with Crippen molar-refractivity contribution in [2.24, 2.45) is 5.92 Å². The van der Waals surface area contributed by atoms with Crippen LogP contribution in [0.3, 0.4) is 0 Å². The molecule has 2 aromatic rings. The minimum absolute atomic E-state index is 0.0291. The Kier molecular flexibility index (Phi) is 6.92. The number of ether oxygens (including phenoxy) is 2. The zero-order valence-corrected chi connectivity index (χ0v) is 18.6. The van der Waals surface area contributed by atoms with Crippen molar-refractivity contribution in [1.29, 1.82) is 0 Å². The van der Waals surface area contributed by atoms with Crippen molar-refractivity contribution in [2.75, 3.05) is 27.3 Å². The Balaban J connectivity index is 1.86. The van der Waals surface area contributed by atoms with E-state index in [9.17, 15) is 19.2 Å². The van der Waals surface area contributed by atoms with Gasteiger partial charge in [0.1, 0.15) is 5.75 Å². The third-order valence-electron chi connectivity index (χ3n) is 5.48. The number of benzene rings is 2. The van der Waals surface area contributed by atoms with Crippen LogP contribution < -0.4 is 4.74 Å². The number of methoxy groups -OCH3 is 2. The molecule has 1 aliphatic rings. The molecule has 0 radical (unpaired) electrons. The number of rotatable bonds is 8. The number of imide groups is 1. The topological polar surface area (TPSA) is 93.2 Å². The van der Waals surface area contributed by atoms with Crippen molar-refractivity contribution >= 4 is 23.7 Å². The van der Waals surface area contributed by atoms with Gasteiger partial charge in [0.05, 0.1) is 43.4 Å². The van der Waals surface area contributed by atoms with Gasteiger partial charge in [0, 0.05) is 13.1 Å². The van der Waals surface area contributed by atoms with Crippen LogP contribution >= 0.6 is 0 Å². The minimum Gasteiger partial charge on any atom is -0.496 e. The Hall–Kier alpha value is -3.68. The lowest BCUT2D eigenvalue weighted by atomic mass is 10.1. The molecule has 168 valence electrons. The molecule has 8 heteroatoms. The fourth-order valence-corrected chi connectivity index (χ4v) is 3.72. The van der Waals surface area contributed by atoms with Gasteiger partial charge in [-0.2, -0.15) is 0 Å². The normalized spacial score (nSPS) is 13.6. The molecule has 1 heterocycles. The fourth-order valence-electron chi connectivity index (χ4n) is 3.72. The number of amides is 3. The van der Waals surface area contributed by atoms with Gasteiger partial charge in [0.15, 0.2) is 0 Å². The van der Waals surface area contributed by atoms with Crippen molar-refractivity contribution in [3.63, 3.8) is 0 Å². The van der Waals surface area contributed by atoms with Crippen molar-refractivity contribution in [2.45, 2.75) is 20.4 Å². The van der Waals surface area contributed by atoms with E-state index >= 15 is 0 Å². The van der Waals surface area contributed by atoms with Crippen LogP contribution in [0.25, 0.3) is 0 Å². The highest BCUT2D eigenvalue weighted by Crippen LogP contribution is 2.27. The first-order chi connectivity index (χ1) is 15.3. The molecule has 0 saturated carbocycles. The average Bonchev–Trinajstić information content (AvgIpc) is 3.06. The molecule has 2 aromatic carbocycles. The second-order valence-corrected chi connectivity index (χ2v) is 7.54. The maximum Gasteiger partial charge on any atom is 0.310 e. The Morgan fingerprint density at radius 3 is 2.19 bits per heavy atom. The fraction of sp³-hybridized carbons (Fsp3) is 0.333. The average molecular weight is 438 g/mol. The van der Waals surface area contributed by atoms with Gasteiger partial charge >= 0.3 is 5.97 Å². The van der Waals surface area contributed by atoms with Gasteiger partial charge < -0.3 is 14.4 Å². The number of hydrogen-bond acceptors (Lipinski definition) is 6. The van der Waals surface area contributed by atoms with E-state index in [0.29, 0.717) is 34.5 Å². The number of esters is 1. The van der Waals surface area contributed by atoms with Crippen molar-refractivity contribution in [1.82, 2.24) is 9.80 Å². The first-order valence-corrected chi connectivity index (χ1v) is 10.3. The molecule has 0 aromatic heterocycles.